The highest BCUT2D eigenvalue weighted by atomic mass is 79.9. The number of alkyl halides is 1. The summed E-state index contributed by atoms with van der Waals surface area (Å²) in [5.74, 6) is -1.61. The summed E-state index contributed by atoms with van der Waals surface area (Å²) >= 11 is 3.04. The molecule has 0 spiro atoms. The van der Waals surface area contributed by atoms with Gasteiger partial charge in [-0.05, 0) is 19.9 Å². The maximum Gasteiger partial charge on any atom is 0.355 e. The molecule has 1 unspecified atom stereocenters. The Morgan fingerprint density at radius 2 is 1.86 bits per heavy atom. The molecular weight excluding hydrogens is 346 g/mol. The van der Waals surface area contributed by atoms with Crippen LogP contribution in [0.15, 0.2) is 10.9 Å². The van der Waals surface area contributed by atoms with Crippen LogP contribution in [0.5, 0.6) is 0 Å². The Balaban J connectivity index is 3.42. The van der Waals surface area contributed by atoms with Crippen molar-refractivity contribution in [1.82, 2.24) is 4.98 Å². The molecule has 1 heterocycles. The number of hydrogen-bond donors (Lipinski definition) is 2. The first kappa shape index (κ1) is 17.4. The first-order chi connectivity index (χ1) is 9.96. The van der Waals surface area contributed by atoms with E-state index >= 15 is 0 Å². The van der Waals surface area contributed by atoms with E-state index in [-0.39, 0.29) is 35.4 Å². The molecule has 1 atom stereocenters. The van der Waals surface area contributed by atoms with Crippen molar-refractivity contribution in [3.63, 3.8) is 0 Å². The maximum absolute atomic E-state index is 11.9. The number of nitrogens with one attached hydrogen (secondary N) is 1. The van der Waals surface area contributed by atoms with E-state index in [0.29, 0.717) is 0 Å². The molecule has 0 saturated carbocycles. The fourth-order valence-electron chi connectivity index (χ4n) is 1.61. The maximum atomic E-state index is 11.9. The molecule has 0 aliphatic carbocycles. The summed E-state index contributed by atoms with van der Waals surface area (Å²) in [6.07, 6.45) is -1.11. The lowest BCUT2D eigenvalue weighted by atomic mass is 10.1. The molecule has 8 heteroatoms. The summed E-state index contributed by atoms with van der Waals surface area (Å²) in [6, 6.07) is 1.15. The van der Waals surface area contributed by atoms with Gasteiger partial charge in [0.25, 0.3) is 5.56 Å². The molecule has 1 aromatic heterocycles. The molecule has 7 nitrogen and oxygen atoms in total. The number of aliphatic hydroxyl groups excluding tert-OH is 1. The molecule has 0 aliphatic heterocycles. The van der Waals surface area contributed by atoms with Crippen molar-refractivity contribution < 1.29 is 24.2 Å². The number of esters is 2. The molecule has 0 saturated heterocycles. The predicted octanol–water partition coefficient (Wildman–Crippen LogP) is 1.16. The zero-order valence-electron chi connectivity index (χ0n) is 11.6. The quantitative estimate of drug-likeness (QED) is 0.581. The van der Waals surface area contributed by atoms with E-state index in [0.717, 1.165) is 6.07 Å². The molecular formula is C13H16BrNO6. The summed E-state index contributed by atoms with van der Waals surface area (Å²) < 4.78 is 9.63. The van der Waals surface area contributed by atoms with Crippen LogP contribution in [0.25, 0.3) is 0 Å². The van der Waals surface area contributed by atoms with Gasteiger partial charge in [-0.1, -0.05) is 15.9 Å². The summed E-state index contributed by atoms with van der Waals surface area (Å²) in [5.41, 5.74) is -1.14. The number of ether oxygens (including phenoxy) is 2. The SMILES string of the molecule is CCOC(=O)c1cc(C(O)CBr)c(=O)[nH]c1C(=O)OCC. The molecule has 0 fully saturated rings. The average molecular weight is 362 g/mol. The second-order valence-corrected chi connectivity index (χ2v) is 4.60. The molecule has 21 heavy (non-hydrogen) atoms. The van der Waals surface area contributed by atoms with Gasteiger partial charge in [-0.2, -0.15) is 0 Å². The minimum atomic E-state index is -1.11. The summed E-state index contributed by atoms with van der Waals surface area (Å²) in [5, 5.41) is 9.85. The van der Waals surface area contributed by atoms with Crippen molar-refractivity contribution in [2.24, 2.45) is 0 Å². The van der Waals surface area contributed by atoms with Crippen LogP contribution in [0.1, 0.15) is 46.4 Å². The van der Waals surface area contributed by atoms with Crippen molar-refractivity contribution in [1.29, 1.82) is 0 Å². The second-order valence-electron chi connectivity index (χ2n) is 3.95. The van der Waals surface area contributed by atoms with Crippen molar-refractivity contribution in [2.45, 2.75) is 20.0 Å². The minimum absolute atomic E-state index is 0.0389. The molecule has 116 valence electrons. The predicted molar refractivity (Wildman–Crippen MR) is 77.7 cm³/mol. The topological polar surface area (TPSA) is 106 Å². The fraction of sp³-hybridized carbons (Fsp3) is 0.462. The van der Waals surface area contributed by atoms with Crippen molar-refractivity contribution in [2.75, 3.05) is 18.5 Å². The number of hydrogen-bond acceptors (Lipinski definition) is 6. The van der Waals surface area contributed by atoms with Gasteiger partial charge in [0.15, 0.2) is 0 Å². The van der Waals surface area contributed by atoms with Gasteiger partial charge in [0.1, 0.15) is 5.69 Å². The highest BCUT2D eigenvalue weighted by Crippen LogP contribution is 2.16. The van der Waals surface area contributed by atoms with Crippen LogP contribution < -0.4 is 5.56 Å². The number of aliphatic hydroxyl groups is 1. The second kappa shape index (κ2) is 7.94. The lowest BCUT2D eigenvalue weighted by Gasteiger charge is -2.12. The molecule has 1 aromatic rings. The molecule has 2 N–H and O–H groups in total. The Kier molecular flexibility index (Phi) is 6.57. The van der Waals surface area contributed by atoms with E-state index < -0.39 is 23.6 Å². The monoisotopic (exact) mass is 361 g/mol. The van der Waals surface area contributed by atoms with E-state index in [1.807, 2.05) is 0 Å². The molecule has 1 rings (SSSR count). The number of carbonyl (C=O) groups excluding carboxylic acids is 2. The lowest BCUT2D eigenvalue weighted by Crippen LogP contribution is -2.25. The zero-order chi connectivity index (χ0) is 16.0. The molecule has 0 aromatic carbocycles. The fourth-order valence-corrected chi connectivity index (χ4v) is 1.96. The molecule has 0 aliphatic rings. The van der Waals surface area contributed by atoms with Crippen LogP contribution in [-0.2, 0) is 9.47 Å². The third-order valence-electron chi connectivity index (χ3n) is 2.55. The number of aromatic nitrogens is 1. The number of halogens is 1. The van der Waals surface area contributed by atoms with Gasteiger partial charge in [-0.15, -0.1) is 0 Å². The van der Waals surface area contributed by atoms with E-state index in [2.05, 4.69) is 20.9 Å². The van der Waals surface area contributed by atoms with Crippen molar-refractivity contribution >= 4 is 27.9 Å². The zero-order valence-corrected chi connectivity index (χ0v) is 13.2. The van der Waals surface area contributed by atoms with Gasteiger partial charge in [0.05, 0.1) is 24.9 Å². The summed E-state index contributed by atoms with van der Waals surface area (Å²) in [4.78, 5) is 37.9. The third-order valence-corrected chi connectivity index (χ3v) is 3.16. The molecule has 0 radical (unpaired) electrons. The first-order valence-electron chi connectivity index (χ1n) is 6.31. The number of carbonyl (C=O) groups is 2. The van der Waals surface area contributed by atoms with Gasteiger partial charge < -0.3 is 19.6 Å². The van der Waals surface area contributed by atoms with Crippen LogP contribution in [0.3, 0.4) is 0 Å². The third kappa shape index (κ3) is 4.15. The Labute approximate surface area is 129 Å². The largest absolute Gasteiger partial charge is 0.462 e. The Morgan fingerprint density at radius 1 is 1.29 bits per heavy atom. The highest BCUT2D eigenvalue weighted by molar-refractivity contribution is 9.09. The van der Waals surface area contributed by atoms with E-state index in [1.165, 1.54) is 0 Å². The number of H-pyrrole nitrogens is 1. The molecule has 0 amide bonds. The van der Waals surface area contributed by atoms with Crippen LogP contribution >= 0.6 is 15.9 Å². The smallest absolute Gasteiger partial charge is 0.355 e. The van der Waals surface area contributed by atoms with Crippen molar-refractivity contribution in [3.8, 4) is 0 Å². The molecule has 0 bridgehead atoms. The summed E-state index contributed by atoms with van der Waals surface area (Å²) in [7, 11) is 0. The number of aromatic amines is 1. The van der Waals surface area contributed by atoms with Crippen LogP contribution in [0.4, 0.5) is 0 Å². The van der Waals surface area contributed by atoms with Crippen molar-refractivity contribution in [3.05, 3.63) is 33.2 Å². The highest BCUT2D eigenvalue weighted by Gasteiger charge is 2.24. The standard InChI is InChI=1S/C13H16BrNO6/c1-3-20-12(18)8-5-7(9(16)6-14)11(17)15-10(8)13(19)21-4-2/h5,9,16H,3-4,6H2,1-2H3,(H,15,17). The van der Waals surface area contributed by atoms with Gasteiger partial charge >= 0.3 is 11.9 Å². The summed E-state index contributed by atoms with van der Waals surface area (Å²) in [6.45, 7) is 3.41. The average Bonchev–Trinajstić information content (AvgIpc) is 2.46. The van der Waals surface area contributed by atoms with Gasteiger partial charge in [-0.3, -0.25) is 4.79 Å². The van der Waals surface area contributed by atoms with E-state index in [1.54, 1.807) is 13.8 Å². The van der Waals surface area contributed by atoms with Gasteiger partial charge in [-0.25, -0.2) is 9.59 Å². The Hall–Kier alpha value is -1.67. The lowest BCUT2D eigenvalue weighted by molar-refractivity contribution is 0.0472. The van der Waals surface area contributed by atoms with E-state index in [9.17, 15) is 19.5 Å². The Morgan fingerprint density at radius 3 is 2.38 bits per heavy atom. The van der Waals surface area contributed by atoms with Crippen LogP contribution in [0.2, 0.25) is 0 Å². The van der Waals surface area contributed by atoms with Crippen LogP contribution in [0, 0.1) is 0 Å². The van der Waals surface area contributed by atoms with Gasteiger partial charge in [0, 0.05) is 10.9 Å². The van der Waals surface area contributed by atoms with Crippen LogP contribution in [-0.4, -0.2) is 40.6 Å². The van der Waals surface area contributed by atoms with Gasteiger partial charge in [0.2, 0.25) is 0 Å². The van der Waals surface area contributed by atoms with E-state index in [4.69, 9.17) is 9.47 Å². The number of rotatable bonds is 6. The minimum Gasteiger partial charge on any atom is -0.462 e. The normalized spacial score (nSPS) is 11.8. The first-order valence-corrected chi connectivity index (χ1v) is 7.43. The number of pyridine rings is 1. The Bertz CT molecular complexity index is 583.